The van der Waals surface area contributed by atoms with Gasteiger partial charge in [-0.05, 0) is 37.6 Å². The third-order valence-electron chi connectivity index (χ3n) is 2.91. The second-order valence-electron chi connectivity index (χ2n) is 4.53. The number of aryl methyl sites for hydroxylation is 2. The molecule has 0 radical (unpaired) electrons. The maximum atomic E-state index is 10.9. The number of nitrogen functional groups attached to an aromatic ring is 1. The van der Waals surface area contributed by atoms with E-state index in [1.165, 1.54) is 6.07 Å². The van der Waals surface area contributed by atoms with Crippen molar-refractivity contribution >= 4 is 11.4 Å². The molecule has 0 aliphatic heterocycles. The van der Waals surface area contributed by atoms with Crippen molar-refractivity contribution in [3.05, 3.63) is 57.4 Å². The van der Waals surface area contributed by atoms with Gasteiger partial charge < -0.3 is 10.5 Å². The maximum absolute atomic E-state index is 10.9. The molecule has 0 bridgehead atoms. The summed E-state index contributed by atoms with van der Waals surface area (Å²) in [6, 6.07) is 6.57. The van der Waals surface area contributed by atoms with Crippen LogP contribution in [0.4, 0.5) is 11.4 Å². The summed E-state index contributed by atoms with van der Waals surface area (Å²) in [5.41, 5.74) is 8.44. The number of pyridine rings is 1. The molecule has 1 aromatic heterocycles. The summed E-state index contributed by atoms with van der Waals surface area (Å²) in [5.74, 6) is 0.478. The fraction of sp³-hybridized carbons (Fsp3) is 0.214. The highest BCUT2D eigenvalue weighted by atomic mass is 16.6. The molecule has 0 amide bonds. The summed E-state index contributed by atoms with van der Waals surface area (Å²) >= 11 is 0. The van der Waals surface area contributed by atoms with Gasteiger partial charge in [0.2, 0.25) is 0 Å². The van der Waals surface area contributed by atoms with Crippen molar-refractivity contribution < 1.29 is 9.66 Å². The predicted octanol–water partition coefficient (Wildman–Crippen LogP) is 2.77. The van der Waals surface area contributed by atoms with Gasteiger partial charge in [-0.2, -0.15) is 0 Å². The number of ether oxygens (including phenoxy) is 1. The fourth-order valence-corrected chi connectivity index (χ4v) is 1.90. The number of nitro benzene ring substituents is 1. The van der Waals surface area contributed by atoms with E-state index in [9.17, 15) is 10.1 Å². The van der Waals surface area contributed by atoms with Crippen molar-refractivity contribution in [2.24, 2.45) is 0 Å². The number of benzene rings is 1. The fourth-order valence-electron chi connectivity index (χ4n) is 1.90. The molecule has 0 fully saturated rings. The van der Waals surface area contributed by atoms with Gasteiger partial charge in [0.1, 0.15) is 12.4 Å². The van der Waals surface area contributed by atoms with Gasteiger partial charge >= 0.3 is 0 Å². The van der Waals surface area contributed by atoms with Gasteiger partial charge in [-0.15, -0.1) is 0 Å². The van der Waals surface area contributed by atoms with E-state index in [0.29, 0.717) is 22.7 Å². The third-order valence-corrected chi connectivity index (χ3v) is 2.91. The number of hydrogen-bond acceptors (Lipinski definition) is 5. The van der Waals surface area contributed by atoms with Gasteiger partial charge in [0.05, 0.1) is 16.7 Å². The van der Waals surface area contributed by atoms with E-state index in [-0.39, 0.29) is 12.3 Å². The Labute approximate surface area is 116 Å². The van der Waals surface area contributed by atoms with Crippen LogP contribution in [0.5, 0.6) is 5.75 Å². The van der Waals surface area contributed by atoms with Gasteiger partial charge in [0, 0.05) is 17.4 Å². The van der Waals surface area contributed by atoms with Crippen molar-refractivity contribution in [3.63, 3.8) is 0 Å². The lowest BCUT2D eigenvalue weighted by Gasteiger charge is -2.10. The number of rotatable bonds is 4. The molecule has 6 heteroatoms. The SMILES string of the molecule is Cc1cc(C)c([N+](=O)[O-])cc1OCc1cc(N)ccn1. The van der Waals surface area contributed by atoms with Crippen LogP contribution < -0.4 is 10.5 Å². The zero-order valence-electron chi connectivity index (χ0n) is 11.3. The van der Waals surface area contributed by atoms with E-state index in [1.807, 2.05) is 6.92 Å². The van der Waals surface area contributed by atoms with Crippen LogP contribution in [-0.4, -0.2) is 9.91 Å². The van der Waals surface area contributed by atoms with Crippen LogP contribution in [0.1, 0.15) is 16.8 Å². The molecule has 0 atom stereocenters. The van der Waals surface area contributed by atoms with Crippen LogP contribution >= 0.6 is 0 Å². The zero-order chi connectivity index (χ0) is 14.7. The maximum Gasteiger partial charge on any atom is 0.276 e. The van der Waals surface area contributed by atoms with Crippen molar-refractivity contribution in [1.82, 2.24) is 4.98 Å². The number of anilines is 1. The monoisotopic (exact) mass is 273 g/mol. The molecule has 1 heterocycles. The van der Waals surface area contributed by atoms with Gasteiger partial charge in [-0.3, -0.25) is 15.1 Å². The molecule has 0 aliphatic carbocycles. The highest BCUT2D eigenvalue weighted by molar-refractivity contribution is 5.49. The Kier molecular flexibility index (Phi) is 3.84. The lowest BCUT2D eigenvalue weighted by atomic mass is 10.1. The second-order valence-corrected chi connectivity index (χ2v) is 4.53. The molecule has 6 nitrogen and oxygen atoms in total. The molecule has 1 aromatic carbocycles. The first-order chi connectivity index (χ1) is 9.47. The summed E-state index contributed by atoms with van der Waals surface area (Å²) in [7, 11) is 0. The molecule has 0 unspecified atom stereocenters. The predicted molar refractivity (Wildman–Crippen MR) is 75.6 cm³/mol. The molecule has 104 valence electrons. The highest BCUT2D eigenvalue weighted by Crippen LogP contribution is 2.28. The number of nitrogens with zero attached hydrogens (tertiary/aromatic N) is 2. The average molecular weight is 273 g/mol. The lowest BCUT2D eigenvalue weighted by Crippen LogP contribution is -2.02. The van der Waals surface area contributed by atoms with Gasteiger partial charge in [0.15, 0.2) is 0 Å². The molecule has 0 saturated heterocycles. The quantitative estimate of drug-likeness (QED) is 0.683. The van der Waals surface area contributed by atoms with Crippen molar-refractivity contribution in [2.75, 3.05) is 5.73 Å². The first-order valence-corrected chi connectivity index (χ1v) is 6.06. The summed E-state index contributed by atoms with van der Waals surface area (Å²) in [4.78, 5) is 14.6. The van der Waals surface area contributed by atoms with E-state index in [1.54, 1.807) is 31.3 Å². The summed E-state index contributed by atoms with van der Waals surface area (Å²) < 4.78 is 5.60. The molecule has 2 N–H and O–H groups in total. The first kappa shape index (κ1) is 13.8. The summed E-state index contributed by atoms with van der Waals surface area (Å²) in [6.45, 7) is 3.76. The average Bonchev–Trinajstić information content (AvgIpc) is 2.37. The van der Waals surface area contributed by atoms with E-state index in [0.717, 1.165) is 5.56 Å². The number of hydrogen-bond donors (Lipinski definition) is 1. The van der Waals surface area contributed by atoms with E-state index >= 15 is 0 Å². The van der Waals surface area contributed by atoms with Gasteiger partial charge in [0.25, 0.3) is 5.69 Å². The smallest absolute Gasteiger partial charge is 0.276 e. The molecular weight excluding hydrogens is 258 g/mol. The van der Waals surface area contributed by atoms with Crippen LogP contribution in [0.25, 0.3) is 0 Å². The van der Waals surface area contributed by atoms with Crippen LogP contribution in [-0.2, 0) is 6.61 Å². The Morgan fingerprint density at radius 3 is 2.70 bits per heavy atom. The standard InChI is InChI=1S/C14H15N3O3/c1-9-5-10(2)14(7-13(9)17(18)19)20-8-12-6-11(15)3-4-16-12/h3-7H,8H2,1-2H3,(H2,15,16). The first-order valence-electron chi connectivity index (χ1n) is 6.06. The number of nitro groups is 1. The van der Waals surface area contributed by atoms with Crippen molar-refractivity contribution in [2.45, 2.75) is 20.5 Å². The summed E-state index contributed by atoms with van der Waals surface area (Å²) in [6.07, 6.45) is 1.60. The van der Waals surface area contributed by atoms with Gasteiger partial charge in [-0.1, -0.05) is 0 Å². The molecule has 2 rings (SSSR count). The Bertz CT molecular complexity index is 656. The lowest BCUT2D eigenvalue weighted by molar-refractivity contribution is -0.385. The molecular formula is C14H15N3O3. The Morgan fingerprint density at radius 1 is 1.30 bits per heavy atom. The molecule has 2 aromatic rings. The van der Waals surface area contributed by atoms with E-state index in [2.05, 4.69) is 4.98 Å². The second kappa shape index (κ2) is 5.56. The minimum absolute atomic E-state index is 0.0473. The minimum atomic E-state index is -0.416. The van der Waals surface area contributed by atoms with Gasteiger partial charge in [-0.25, -0.2) is 0 Å². The van der Waals surface area contributed by atoms with E-state index < -0.39 is 4.92 Å². The Hall–Kier alpha value is -2.63. The highest BCUT2D eigenvalue weighted by Gasteiger charge is 2.14. The molecule has 20 heavy (non-hydrogen) atoms. The molecule has 0 spiro atoms. The zero-order valence-corrected chi connectivity index (χ0v) is 11.3. The largest absolute Gasteiger partial charge is 0.487 e. The molecule has 0 saturated carbocycles. The van der Waals surface area contributed by atoms with Crippen LogP contribution in [0.3, 0.4) is 0 Å². The number of aromatic nitrogens is 1. The Morgan fingerprint density at radius 2 is 2.05 bits per heavy atom. The van der Waals surface area contributed by atoms with Crippen LogP contribution in [0.2, 0.25) is 0 Å². The molecule has 0 aliphatic rings. The number of nitrogens with two attached hydrogens (primary N) is 1. The van der Waals surface area contributed by atoms with Crippen LogP contribution in [0, 0.1) is 24.0 Å². The van der Waals surface area contributed by atoms with Crippen LogP contribution in [0.15, 0.2) is 30.5 Å². The van der Waals surface area contributed by atoms with Crippen molar-refractivity contribution in [1.29, 1.82) is 0 Å². The summed E-state index contributed by atoms with van der Waals surface area (Å²) in [5, 5.41) is 10.9. The van der Waals surface area contributed by atoms with E-state index in [4.69, 9.17) is 10.5 Å². The third kappa shape index (κ3) is 3.03. The van der Waals surface area contributed by atoms with Crippen molar-refractivity contribution in [3.8, 4) is 5.75 Å². The topological polar surface area (TPSA) is 91.3 Å². The minimum Gasteiger partial charge on any atom is -0.487 e. The Balaban J connectivity index is 2.21. The normalized spacial score (nSPS) is 10.3.